The Morgan fingerprint density at radius 2 is 2.20 bits per heavy atom. The topological polar surface area (TPSA) is 57.3 Å². The maximum absolute atomic E-state index is 12.3. The summed E-state index contributed by atoms with van der Waals surface area (Å²) < 4.78 is 0. The molecule has 1 aromatic carbocycles. The monoisotopic (exact) mass is 336 g/mol. The van der Waals surface area contributed by atoms with E-state index in [-0.39, 0.29) is 12.1 Å². The van der Waals surface area contributed by atoms with E-state index in [1.165, 1.54) is 18.4 Å². The lowest BCUT2D eigenvalue weighted by Gasteiger charge is -2.21. The molecule has 0 spiro atoms. The maximum atomic E-state index is 12.3. The van der Waals surface area contributed by atoms with E-state index in [9.17, 15) is 4.79 Å². The Morgan fingerprint density at radius 1 is 1.32 bits per heavy atom. The highest BCUT2D eigenvalue weighted by molar-refractivity contribution is 5.94. The predicted octanol–water partition coefficient (Wildman–Crippen LogP) is 3.74. The number of fused-ring (bicyclic) bond motifs is 1. The number of benzene rings is 1. The Morgan fingerprint density at radius 3 is 2.92 bits per heavy atom. The second-order valence-corrected chi connectivity index (χ2v) is 6.79. The van der Waals surface area contributed by atoms with E-state index in [1.54, 1.807) is 0 Å². The third-order valence-corrected chi connectivity index (χ3v) is 4.98. The molecule has 25 heavy (non-hydrogen) atoms. The summed E-state index contributed by atoms with van der Waals surface area (Å²) in [5, 5.41) is 6.56. The van der Waals surface area contributed by atoms with Crippen LogP contribution in [0.25, 0.3) is 0 Å². The van der Waals surface area contributed by atoms with Gasteiger partial charge in [-0.25, -0.2) is 4.79 Å². The van der Waals surface area contributed by atoms with E-state index >= 15 is 0 Å². The largest absolute Gasteiger partial charge is 0.376 e. The lowest BCUT2D eigenvalue weighted by molar-refractivity contribution is 0.247. The summed E-state index contributed by atoms with van der Waals surface area (Å²) in [6.07, 6.45) is 5.25. The van der Waals surface area contributed by atoms with Crippen LogP contribution in [0.15, 0.2) is 42.6 Å². The number of carbonyl (C=O) groups excluding carboxylic acids is 1. The first kappa shape index (κ1) is 15.9. The highest BCUT2D eigenvalue weighted by atomic mass is 16.2. The number of hydrogen-bond donors (Lipinski definition) is 2. The van der Waals surface area contributed by atoms with Gasteiger partial charge in [0.15, 0.2) is 0 Å². The number of urea groups is 1. The summed E-state index contributed by atoms with van der Waals surface area (Å²) >= 11 is 0. The normalized spacial score (nSPS) is 17.1. The Bertz CT molecular complexity index is 758. The van der Waals surface area contributed by atoms with E-state index in [2.05, 4.69) is 39.9 Å². The van der Waals surface area contributed by atoms with E-state index in [1.807, 2.05) is 30.2 Å². The molecule has 5 nitrogen and oxygen atoms in total. The van der Waals surface area contributed by atoms with Crippen molar-refractivity contribution in [3.63, 3.8) is 0 Å². The van der Waals surface area contributed by atoms with Crippen LogP contribution in [0.2, 0.25) is 0 Å². The van der Waals surface area contributed by atoms with Crippen LogP contribution in [0.5, 0.6) is 0 Å². The zero-order valence-electron chi connectivity index (χ0n) is 14.5. The number of nitrogens with one attached hydrogen (secondary N) is 2. The molecule has 4 rings (SSSR count). The molecule has 1 aliphatic heterocycles. The average molecular weight is 336 g/mol. The number of hydrogen-bond acceptors (Lipinski definition) is 3. The van der Waals surface area contributed by atoms with Crippen molar-refractivity contribution < 1.29 is 4.79 Å². The fraction of sp³-hybridized carbons (Fsp3) is 0.400. The lowest BCUT2D eigenvalue weighted by Crippen LogP contribution is -2.38. The number of aromatic nitrogens is 1. The van der Waals surface area contributed by atoms with Crippen molar-refractivity contribution in [2.45, 2.75) is 32.2 Å². The first-order valence-corrected chi connectivity index (χ1v) is 9.12. The molecule has 2 N–H and O–H groups in total. The number of pyridine rings is 1. The minimum atomic E-state index is -0.0122. The highest BCUT2D eigenvalue weighted by Gasteiger charge is 2.33. The molecule has 5 heteroatoms. The summed E-state index contributed by atoms with van der Waals surface area (Å²) in [6, 6.07) is 12.7. The van der Waals surface area contributed by atoms with Crippen LogP contribution >= 0.6 is 0 Å². The first-order valence-electron chi connectivity index (χ1n) is 9.12. The van der Waals surface area contributed by atoms with E-state index in [0.29, 0.717) is 12.5 Å². The van der Waals surface area contributed by atoms with Gasteiger partial charge in [-0.2, -0.15) is 0 Å². The summed E-state index contributed by atoms with van der Waals surface area (Å²) in [7, 11) is 0. The van der Waals surface area contributed by atoms with Crippen LogP contribution in [0, 0.1) is 5.92 Å². The van der Waals surface area contributed by atoms with E-state index in [4.69, 9.17) is 0 Å². The molecule has 1 saturated carbocycles. The Hall–Kier alpha value is -2.56. The molecule has 0 bridgehead atoms. The third kappa shape index (κ3) is 3.31. The van der Waals surface area contributed by atoms with Crippen molar-refractivity contribution in [1.82, 2.24) is 10.3 Å². The molecule has 2 aliphatic rings. The molecule has 0 radical (unpaired) electrons. The SMILES string of the molecule is CCNC(=O)N1CCc2ccc(NC(c3ccccn3)C3CC3)cc21. The Balaban J connectivity index is 1.57. The number of carbonyl (C=O) groups is 1. The summed E-state index contributed by atoms with van der Waals surface area (Å²) in [4.78, 5) is 18.6. The van der Waals surface area contributed by atoms with Crippen molar-refractivity contribution in [2.24, 2.45) is 5.92 Å². The van der Waals surface area contributed by atoms with Gasteiger partial charge >= 0.3 is 6.03 Å². The fourth-order valence-corrected chi connectivity index (χ4v) is 3.53. The van der Waals surface area contributed by atoms with Crippen molar-refractivity contribution in [3.8, 4) is 0 Å². The molecule has 0 saturated heterocycles. The number of anilines is 2. The molecule has 2 amide bonds. The second-order valence-electron chi connectivity index (χ2n) is 6.79. The molecule has 1 unspecified atom stereocenters. The van der Waals surface area contributed by atoms with Crippen LogP contribution in [0.3, 0.4) is 0 Å². The maximum Gasteiger partial charge on any atom is 0.321 e. The molecule has 2 heterocycles. The summed E-state index contributed by atoms with van der Waals surface area (Å²) in [6.45, 7) is 3.34. The second kappa shape index (κ2) is 6.75. The van der Waals surface area contributed by atoms with Gasteiger partial charge in [-0.05, 0) is 61.9 Å². The molecule has 2 aromatic rings. The predicted molar refractivity (Wildman–Crippen MR) is 99.9 cm³/mol. The quantitative estimate of drug-likeness (QED) is 0.874. The highest BCUT2D eigenvalue weighted by Crippen LogP contribution is 2.43. The number of amides is 2. The van der Waals surface area contributed by atoms with Crippen molar-refractivity contribution in [3.05, 3.63) is 53.9 Å². The fourth-order valence-electron chi connectivity index (χ4n) is 3.53. The molecular weight excluding hydrogens is 312 g/mol. The van der Waals surface area contributed by atoms with E-state index < -0.39 is 0 Å². The zero-order chi connectivity index (χ0) is 17.2. The molecule has 130 valence electrons. The molecule has 1 atom stereocenters. The van der Waals surface area contributed by atoms with Crippen LogP contribution in [0.1, 0.15) is 37.1 Å². The van der Waals surface area contributed by atoms with Gasteiger partial charge in [0.25, 0.3) is 0 Å². The van der Waals surface area contributed by atoms with Crippen LogP contribution in [-0.2, 0) is 6.42 Å². The van der Waals surface area contributed by atoms with Gasteiger partial charge in [-0.3, -0.25) is 9.88 Å². The third-order valence-electron chi connectivity index (χ3n) is 4.98. The number of nitrogens with zero attached hydrogens (tertiary/aromatic N) is 2. The Kier molecular flexibility index (Phi) is 4.30. The smallest absolute Gasteiger partial charge is 0.321 e. The van der Waals surface area contributed by atoms with Gasteiger partial charge in [0.1, 0.15) is 0 Å². The van der Waals surface area contributed by atoms with Crippen molar-refractivity contribution >= 4 is 17.4 Å². The van der Waals surface area contributed by atoms with Gasteiger partial charge in [-0.1, -0.05) is 12.1 Å². The molecule has 1 aliphatic carbocycles. The van der Waals surface area contributed by atoms with Crippen LogP contribution < -0.4 is 15.5 Å². The minimum absolute atomic E-state index is 0.0122. The summed E-state index contributed by atoms with van der Waals surface area (Å²) in [5.41, 5.74) is 4.40. The first-order chi connectivity index (χ1) is 12.3. The molecular formula is C20H24N4O. The standard InChI is InChI=1S/C20H24N4O/c1-2-21-20(25)24-12-10-14-8-9-16(13-18(14)24)23-19(15-6-7-15)17-5-3-4-11-22-17/h3-5,8-9,11,13,15,19,23H,2,6-7,10,12H2,1H3,(H,21,25). The van der Waals surface area contributed by atoms with Crippen molar-refractivity contribution in [1.29, 1.82) is 0 Å². The molecule has 1 fully saturated rings. The van der Waals surface area contributed by atoms with E-state index in [0.717, 1.165) is 30.0 Å². The number of rotatable bonds is 5. The van der Waals surface area contributed by atoms with Gasteiger partial charge in [0.2, 0.25) is 0 Å². The average Bonchev–Trinajstić information content (AvgIpc) is 3.39. The van der Waals surface area contributed by atoms with Gasteiger partial charge in [-0.15, -0.1) is 0 Å². The minimum Gasteiger partial charge on any atom is -0.376 e. The van der Waals surface area contributed by atoms with Gasteiger partial charge < -0.3 is 10.6 Å². The van der Waals surface area contributed by atoms with Crippen LogP contribution in [0.4, 0.5) is 16.2 Å². The molecule has 1 aromatic heterocycles. The van der Waals surface area contributed by atoms with Gasteiger partial charge in [0, 0.05) is 25.0 Å². The zero-order valence-corrected chi connectivity index (χ0v) is 14.5. The van der Waals surface area contributed by atoms with Gasteiger partial charge in [0.05, 0.1) is 17.4 Å². The Labute approximate surface area is 148 Å². The lowest BCUT2D eigenvalue weighted by atomic mass is 10.1. The van der Waals surface area contributed by atoms with Crippen LogP contribution in [-0.4, -0.2) is 24.1 Å². The van der Waals surface area contributed by atoms with Crippen molar-refractivity contribution in [2.75, 3.05) is 23.3 Å². The summed E-state index contributed by atoms with van der Waals surface area (Å²) in [5.74, 6) is 0.641.